The second-order valence-corrected chi connectivity index (χ2v) is 6.31. The van der Waals surface area contributed by atoms with Gasteiger partial charge >= 0.3 is 5.82 Å². The van der Waals surface area contributed by atoms with Crippen molar-refractivity contribution < 1.29 is 4.92 Å². The van der Waals surface area contributed by atoms with E-state index in [0.717, 1.165) is 6.54 Å². The van der Waals surface area contributed by atoms with E-state index >= 15 is 0 Å². The highest BCUT2D eigenvalue weighted by molar-refractivity contribution is 5.48. The van der Waals surface area contributed by atoms with Gasteiger partial charge in [0.25, 0.3) is 0 Å². The lowest BCUT2D eigenvalue weighted by atomic mass is 9.94. The van der Waals surface area contributed by atoms with E-state index in [4.69, 9.17) is 0 Å². The maximum atomic E-state index is 10.9. The quantitative estimate of drug-likeness (QED) is 0.652. The van der Waals surface area contributed by atoms with Gasteiger partial charge in [0.1, 0.15) is 6.20 Å². The number of hydrogen-bond acceptors (Lipinski definition) is 5. The van der Waals surface area contributed by atoms with E-state index in [1.807, 2.05) is 6.07 Å². The van der Waals surface area contributed by atoms with Gasteiger partial charge in [-0.15, -0.1) is 0 Å². The third-order valence-electron chi connectivity index (χ3n) is 3.97. The molecule has 7 nitrogen and oxygen atoms in total. The van der Waals surface area contributed by atoms with Crippen LogP contribution in [0.3, 0.4) is 0 Å². The minimum atomic E-state index is -0.474. The molecule has 2 aromatic heterocycles. The summed E-state index contributed by atoms with van der Waals surface area (Å²) in [6.45, 7) is 5.34. The average molecular weight is 289 g/mol. The van der Waals surface area contributed by atoms with Crippen molar-refractivity contribution in [2.45, 2.75) is 33.1 Å². The molecular formula is C14H19N5O2. The van der Waals surface area contributed by atoms with Crippen molar-refractivity contribution in [3.05, 3.63) is 28.4 Å². The summed E-state index contributed by atoms with van der Waals surface area (Å²) >= 11 is 0. The first kappa shape index (κ1) is 13.8. The molecule has 0 bridgehead atoms. The van der Waals surface area contributed by atoms with Crippen molar-refractivity contribution in [1.29, 1.82) is 0 Å². The standard InChI is InChI=1S/C14H19N5O2/c1-10(2)7-14(5-6-14)9-16-11-3-4-12-15-8-13(19(20)21)18(12)17-11/h3-4,8,10H,5-7,9H2,1-2H3,(H,16,17). The van der Waals surface area contributed by atoms with E-state index < -0.39 is 4.92 Å². The van der Waals surface area contributed by atoms with Crippen LogP contribution in [0.15, 0.2) is 18.3 Å². The summed E-state index contributed by atoms with van der Waals surface area (Å²) in [5.74, 6) is 1.22. The molecule has 1 aliphatic carbocycles. The highest BCUT2D eigenvalue weighted by atomic mass is 16.6. The Morgan fingerprint density at radius 3 is 2.86 bits per heavy atom. The van der Waals surface area contributed by atoms with Crippen molar-refractivity contribution in [2.24, 2.45) is 11.3 Å². The molecule has 1 aliphatic rings. The molecule has 0 spiro atoms. The number of anilines is 1. The van der Waals surface area contributed by atoms with Gasteiger partial charge < -0.3 is 15.4 Å². The fourth-order valence-electron chi connectivity index (χ4n) is 2.85. The predicted octanol–water partition coefficient (Wildman–Crippen LogP) is 2.88. The largest absolute Gasteiger partial charge is 0.368 e. The molecule has 2 aromatic rings. The molecule has 3 rings (SSSR count). The number of nitrogens with zero attached hydrogens (tertiary/aromatic N) is 4. The number of imidazole rings is 1. The number of rotatable bonds is 6. The van der Waals surface area contributed by atoms with Crippen molar-refractivity contribution in [3.8, 4) is 0 Å². The molecule has 21 heavy (non-hydrogen) atoms. The Balaban J connectivity index is 1.75. The van der Waals surface area contributed by atoms with Gasteiger partial charge in [-0.1, -0.05) is 23.5 Å². The normalized spacial score (nSPS) is 16.3. The first-order valence-electron chi connectivity index (χ1n) is 7.22. The van der Waals surface area contributed by atoms with Crippen LogP contribution in [0.25, 0.3) is 5.65 Å². The van der Waals surface area contributed by atoms with E-state index in [1.165, 1.54) is 30.0 Å². The summed E-state index contributed by atoms with van der Waals surface area (Å²) in [7, 11) is 0. The highest BCUT2D eigenvalue weighted by Gasteiger charge is 2.42. The topological polar surface area (TPSA) is 85.4 Å². The minimum absolute atomic E-state index is 0.114. The molecule has 7 heteroatoms. The number of nitrogens with one attached hydrogen (secondary N) is 1. The third-order valence-corrected chi connectivity index (χ3v) is 3.97. The number of aromatic nitrogens is 3. The maximum absolute atomic E-state index is 10.9. The van der Waals surface area contributed by atoms with Crippen LogP contribution in [0.4, 0.5) is 11.6 Å². The van der Waals surface area contributed by atoms with E-state index in [0.29, 0.717) is 22.8 Å². The molecule has 1 fully saturated rings. The molecule has 1 N–H and O–H groups in total. The van der Waals surface area contributed by atoms with Crippen molar-refractivity contribution in [2.75, 3.05) is 11.9 Å². The van der Waals surface area contributed by atoms with Gasteiger partial charge in [0.05, 0.1) is 0 Å². The zero-order valence-electron chi connectivity index (χ0n) is 12.2. The fourth-order valence-corrected chi connectivity index (χ4v) is 2.85. The number of nitro groups is 1. The SMILES string of the molecule is CC(C)CC1(CNc2ccc3ncc([N+](=O)[O-])n3n2)CC1. The molecule has 0 aromatic carbocycles. The molecule has 0 amide bonds. The van der Waals surface area contributed by atoms with Crippen molar-refractivity contribution in [3.63, 3.8) is 0 Å². The van der Waals surface area contributed by atoms with Crippen molar-refractivity contribution >= 4 is 17.3 Å². The summed E-state index contributed by atoms with van der Waals surface area (Å²) in [4.78, 5) is 14.4. The fraction of sp³-hybridized carbons (Fsp3) is 0.571. The maximum Gasteiger partial charge on any atom is 0.368 e. The molecule has 0 unspecified atom stereocenters. The van der Waals surface area contributed by atoms with Gasteiger partial charge in [-0.2, -0.15) is 0 Å². The zero-order chi connectivity index (χ0) is 15.0. The summed E-state index contributed by atoms with van der Waals surface area (Å²) in [5, 5.41) is 18.5. The summed E-state index contributed by atoms with van der Waals surface area (Å²) in [5.41, 5.74) is 0.863. The van der Waals surface area contributed by atoms with Gasteiger partial charge in [0.2, 0.25) is 5.65 Å². The van der Waals surface area contributed by atoms with Gasteiger partial charge in [-0.25, -0.2) is 4.98 Å². The monoisotopic (exact) mass is 289 g/mol. The van der Waals surface area contributed by atoms with Crippen LogP contribution in [0.1, 0.15) is 33.1 Å². The van der Waals surface area contributed by atoms with Crippen LogP contribution in [0.2, 0.25) is 0 Å². The Hall–Kier alpha value is -2.18. The Morgan fingerprint density at radius 2 is 2.24 bits per heavy atom. The Kier molecular flexibility index (Phi) is 3.27. The molecule has 2 heterocycles. The van der Waals surface area contributed by atoms with Crippen LogP contribution in [0, 0.1) is 21.4 Å². The second kappa shape index (κ2) is 4.98. The first-order valence-corrected chi connectivity index (χ1v) is 7.22. The Bertz CT molecular complexity index is 675. The van der Waals surface area contributed by atoms with Crippen molar-refractivity contribution in [1.82, 2.24) is 14.6 Å². The van der Waals surface area contributed by atoms with E-state index in [9.17, 15) is 10.1 Å². The van der Waals surface area contributed by atoms with Crippen LogP contribution in [-0.2, 0) is 0 Å². The molecule has 0 aliphatic heterocycles. The summed E-state index contributed by atoms with van der Waals surface area (Å²) in [6, 6.07) is 3.56. The zero-order valence-corrected chi connectivity index (χ0v) is 12.2. The lowest BCUT2D eigenvalue weighted by Crippen LogP contribution is -2.18. The average Bonchev–Trinajstić information content (AvgIpc) is 3.04. The Morgan fingerprint density at radius 1 is 1.48 bits per heavy atom. The molecule has 0 atom stereocenters. The molecule has 0 radical (unpaired) electrons. The smallest absolute Gasteiger partial charge is 0.366 e. The van der Waals surface area contributed by atoms with E-state index in [2.05, 4.69) is 29.2 Å². The first-order chi connectivity index (χ1) is 9.99. The lowest BCUT2D eigenvalue weighted by molar-refractivity contribution is -0.391. The predicted molar refractivity (Wildman–Crippen MR) is 79.3 cm³/mol. The van der Waals surface area contributed by atoms with Gasteiger partial charge in [0, 0.05) is 12.6 Å². The van der Waals surface area contributed by atoms with Crippen LogP contribution < -0.4 is 5.32 Å². The van der Waals surface area contributed by atoms with Crippen LogP contribution in [0.5, 0.6) is 0 Å². The molecule has 112 valence electrons. The number of fused-ring (bicyclic) bond motifs is 1. The van der Waals surface area contributed by atoms with Crippen LogP contribution in [-0.4, -0.2) is 26.1 Å². The molecular weight excluding hydrogens is 270 g/mol. The van der Waals surface area contributed by atoms with Crippen LogP contribution >= 0.6 is 0 Å². The van der Waals surface area contributed by atoms with Gasteiger partial charge in [-0.3, -0.25) is 0 Å². The second-order valence-electron chi connectivity index (χ2n) is 6.31. The lowest BCUT2D eigenvalue weighted by Gasteiger charge is -2.18. The van der Waals surface area contributed by atoms with Gasteiger partial charge in [-0.05, 0) is 41.6 Å². The summed E-state index contributed by atoms with van der Waals surface area (Å²) < 4.78 is 1.27. The number of hydrogen-bond donors (Lipinski definition) is 1. The minimum Gasteiger partial charge on any atom is -0.366 e. The van der Waals surface area contributed by atoms with Gasteiger partial charge in [0.15, 0.2) is 5.82 Å². The third kappa shape index (κ3) is 2.81. The van der Waals surface area contributed by atoms with E-state index in [-0.39, 0.29) is 5.82 Å². The Labute approximate surface area is 122 Å². The highest BCUT2D eigenvalue weighted by Crippen LogP contribution is 2.50. The molecule has 0 saturated heterocycles. The summed E-state index contributed by atoms with van der Waals surface area (Å²) in [6.07, 6.45) is 4.91. The van der Waals surface area contributed by atoms with E-state index in [1.54, 1.807) is 6.07 Å². The molecule has 1 saturated carbocycles.